The van der Waals surface area contributed by atoms with Crippen LogP contribution in [-0.2, 0) is 16.1 Å². The summed E-state index contributed by atoms with van der Waals surface area (Å²) in [5.41, 5.74) is 0.777. The van der Waals surface area contributed by atoms with Crippen LogP contribution < -0.4 is 15.0 Å². The van der Waals surface area contributed by atoms with Crippen molar-refractivity contribution in [1.82, 2.24) is 9.78 Å². The molecule has 1 unspecified atom stereocenters. The van der Waals surface area contributed by atoms with Gasteiger partial charge in [0.1, 0.15) is 11.6 Å². The molecular formula is C19H24N4O3. The summed E-state index contributed by atoms with van der Waals surface area (Å²) in [6, 6.07) is 9.06. The largest absolute Gasteiger partial charge is 0.497 e. The maximum atomic E-state index is 12.6. The molecule has 0 radical (unpaired) electrons. The lowest BCUT2D eigenvalue weighted by Crippen LogP contribution is -2.28. The van der Waals surface area contributed by atoms with Gasteiger partial charge in [-0.15, -0.1) is 0 Å². The van der Waals surface area contributed by atoms with Gasteiger partial charge in [0.05, 0.1) is 19.2 Å². The molecule has 0 bridgehead atoms. The Morgan fingerprint density at radius 3 is 2.77 bits per heavy atom. The molecule has 2 amide bonds. The Labute approximate surface area is 152 Å². The van der Waals surface area contributed by atoms with Crippen LogP contribution in [0.4, 0.5) is 11.5 Å². The van der Waals surface area contributed by atoms with Crippen LogP contribution in [-0.4, -0.2) is 35.2 Å². The highest BCUT2D eigenvalue weighted by Crippen LogP contribution is 2.27. The number of hydrogen-bond donors (Lipinski definition) is 1. The summed E-state index contributed by atoms with van der Waals surface area (Å²) in [5.74, 6) is 0.843. The Balaban J connectivity index is 1.64. The number of hydrogen-bond acceptors (Lipinski definition) is 4. The number of benzene rings is 1. The molecule has 26 heavy (non-hydrogen) atoms. The van der Waals surface area contributed by atoms with Crippen molar-refractivity contribution in [2.45, 2.75) is 32.7 Å². The number of amides is 2. The number of nitrogens with zero attached hydrogens (tertiary/aromatic N) is 3. The second-order valence-corrected chi connectivity index (χ2v) is 6.39. The van der Waals surface area contributed by atoms with Crippen LogP contribution in [0.15, 0.2) is 36.5 Å². The van der Waals surface area contributed by atoms with Crippen molar-refractivity contribution in [1.29, 1.82) is 0 Å². The van der Waals surface area contributed by atoms with E-state index >= 15 is 0 Å². The highest BCUT2D eigenvalue weighted by atomic mass is 16.5. The quantitative estimate of drug-likeness (QED) is 0.827. The zero-order valence-electron chi connectivity index (χ0n) is 15.1. The maximum absolute atomic E-state index is 12.6. The van der Waals surface area contributed by atoms with E-state index in [2.05, 4.69) is 17.3 Å². The first-order valence-corrected chi connectivity index (χ1v) is 8.89. The lowest BCUT2D eigenvalue weighted by atomic mass is 10.1. The van der Waals surface area contributed by atoms with E-state index < -0.39 is 0 Å². The molecule has 7 nitrogen and oxygen atoms in total. The van der Waals surface area contributed by atoms with Crippen molar-refractivity contribution >= 4 is 23.3 Å². The molecule has 1 fully saturated rings. The summed E-state index contributed by atoms with van der Waals surface area (Å²) >= 11 is 0. The van der Waals surface area contributed by atoms with E-state index in [0.717, 1.165) is 30.8 Å². The molecule has 1 aromatic heterocycles. The molecule has 1 aliphatic rings. The topological polar surface area (TPSA) is 76.5 Å². The van der Waals surface area contributed by atoms with Crippen molar-refractivity contribution in [3.63, 3.8) is 0 Å². The minimum Gasteiger partial charge on any atom is -0.497 e. The van der Waals surface area contributed by atoms with Gasteiger partial charge < -0.3 is 15.0 Å². The van der Waals surface area contributed by atoms with Crippen LogP contribution in [0.5, 0.6) is 5.75 Å². The number of aryl methyl sites for hydroxylation is 1. The molecule has 1 aromatic carbocycles. The van der Waals surface area contributed by atoms with Gasteiger partial charge in [-0.1, -0.05) is 13.3 Å². The summed E-state index contributed by atoms with van der Waals surface area (Å²) in [4.78, 5) is 26.6. The van der Waals surface area contributed by atoms with E-state index in [1.807, 2.05) is 24.3 Å². The summed E-state index contributed by atoms with van der Waals surface area (Å²) in [6.45, 7) is 3.25. The lowest BCUT2D eigenvalue weighted by Gasteiger charge is -2.17. The molecule has 0 saturated carbocycles. The second-order valence-electron chi connectivity index (χ2n) is 6.39. The third-order valence-electron chi connectivity index (χ3n) is 4.57. The molecule has 1 atom stereocenters. The van der Waals surface area contributed by atoms with Gasteiger partial charge in [0.15, 0.2) is 0 Å². The number of carbonyl (C=O) groups is 2. The van der Waals surface area contributed by atoms with E-state index in [9.17, 15) is 9.59 Å². The number of ether oxygens (including phenoxy) is 1. The number of methoxy groups -OCH3 is 1. The van der Waals surface area contributed by atoms with E-state index in [0.29, 0.717) is 12.4 Å². The van der Waals surface area contributed by atoms with Crippen molar-refractivity contribution in [2.24, 2.45) is 5.92 Å². The number of carbonyl (C=O) groups excluding carboxylic acids is 2. The van der Waals surface area contributed by atoms with Gasteiger partial charge >= 0.3 is 0 Å². The first kappa shape index (κ1) is 18.0. The van der Waals surface area contributed by atoms with Gasteiger partial charge in [-0.05, 0) is 30.7 Å². The number of unbranched alkanes of at least 4 members (excludes halogenated alkanes) is 1. The Hall–Kier alpha value is -2.83. The van der Waals surface area contributed by atoms with Crippen molar-refractivity contribution < 1.29 is 14.3 Å². The van der Waals surface area contributed by atoms with E-state index in [-0.39, 0.29) is 24.2 Å². The van der Waals surface area contributed by atoms with Crippen molar-refractivity contribution in [3.8, 4) is 5.75 Å². The Kier molecular flexibility index (Phi) is 5.55. The van der Waals surface area contributed by atoms with Crippen LogP contribution in [0.1, 0.15) is 26.2 Å². The third kappa shape index (κ3) is 3.87. The van der Waals surface area contributed by atoms with Gasteiger partial charge in [-0.3, -0.25) is 9.59 Å². The van der Waals surface area contributed by atoms with Gasteiger partial charge in [-0.2, -0.15) is 5.10 Å². The van der Waals surface area contributed by atoms with E-state index in [1.54, 1.807) is 29.0 Å². The number of aromatic nitrogens is 2. The fourth-order valence-corrected chi connectivity index (χ4v) is 3.05. The second kappa shape index (κ2) is 8.03. The summed E-state index contributed by atoms with van der Waals surface area (Å²) < 4.78 is 6.93. The van der Waals surface area contributed by atoms with Gasteiger partial charge in [0, 0.05) is 31.3 Å². The molecule has 2 heterocycles. The normalized spacial score (nSPS) is 16.8. The molecule has 3 rings (SSSR count). The van der Waals surface area contributed by atoms with Crippen molar-refractivity contribution in [2.75, 3.05) is 23.9 Å². The smallest absolute Gasteiger partial charge is 0.230 e. The fourth-order valence-electron chi connectivity index (χ4n) is 3.05. The zero-order chi connectivity index (χ0) is 18.5. The highest BCUT2D eigenvalue weighted by Gasteiger charge is 2.35. The predicted octanol–water partition coefficient (Wildman–Crippen LogP) is 2.68. The standard InChI is InChI=1S/C19H24N4O3/c1-3-4-11-23-17(9-10-20-23)21-19(25)14-12-18(24)22(13-14)15-5-7-16(26-2)8-6-15/h5-10,14H,3-4,11-13H2,1-2H3,(H,21,25). The lowest BCUT2D eigenvalue weighted by molar-refractivity contribution is -0.122. The molecule has 2 aromatic rings. The average Bonchev–Trinajstić information content (AvgIpc) is 3.26. The van der Waals surface area contributed by atoms with Crippen LogP contribution in [0, 0.1) is 5.92 Å². The fraction of sp³-hybridized carbons (Fsp3) is 0.421. The average molecular weight is 356 g/mol. The third-order valence-corrected chi connectivity index (χ3v) is 4.57. The first-order valence-electron chi connectivity index (χ1n) is 8.89. The highest BCUT2D eigenvalue weighted by molar-refractivity contribution is 6.03. The zero-order valence-corrected chi connectivity index (χ0v) is 15.1. The molecule has 1 saturated heterocycles. The first-order chi connectivity index (χ1) is 12.6. The van der Waals surface area contributed by atoms with E-state index in [1.165, 1.54) is 0 Å². The molecule has 0 aliphatic carbocycles. The van der Waals surface area contributed by atoms with E-state index in [4.69, 9.17) is 4.74 Å². The number of rotatable bonds is 7. The maximum Gasteiger partial charge on any atom is 0.230 e. The van der Waals surface area contributed by atoms with Gasteiger partial charge in [-0.25, -0.2) is 4.68 Å². The van der Waals surface area contributed by atoms with Crippen LogP contribution in [0.25, 0.3) is 0 Å². The minimum atomic E-state index is -0.376. The summed E-state index contributed by atoms with van der Waals surface area (Å²) in [7, 11) is 1.60. The summed E-state index contributed by atoms with van der Waals surface area (Å²) in [5, 5.41) is 7.15. The molecule has 138 valence electrons. The Morgan fingerprint density at radius 1 is 1.31 bits per heavy atom. The van der Waals surface area contributed by atoms with Crippen LogP contribution in [0.3, 0.4) is 0 Å². The summed E-state index contributed by atoms with van der Waals surface area (Å²) in [6.07, 6.45) is 3.94. The van der Waals surface area contributed by atoms with Crippen molar-refractivity contribution in [3.05, 3.63) is 36.5 Å². The predicted molar refractivity (Wildman–Crippen MR) is 99.2 cm³/mol. The van der Waals surface area contributed by atoms with Crippen LogP contribution >= 0.6 is 0 Å². The van der Waals surface area contributed by atoms with Crippen LogP contribution in [0.2, 0.25) is 0 Å². The Morgan fingerprint density at radius 2 is 2.08 bits per heavy atom. The molecule has 0 spiro atoms. The molecule has 1 N–H and O–H groups in total. The SMILES string of the molecule is CCCCn1nccc1NC(=O)C1CC(=O)N(c2ccc(OC)cc2)C1. The minimum absolute atomic E-state index is 0.0465. The molecular weight excluding hydrogens is 332 g/mol. The Bertz CT molecular complexity index is 769. The molecule has 1 aliphatic heterocycles. The van der Waals surface area contributed by atoms with Gasteiger partial charge in [0.25, 0.3) is 0 Å². The van der Waals surface area contributed by atoms with Gasteiger partial charge in [0.2, 0.25) is 11.8 Å². The number of nitrogens with one attached hydrogen (secondary N) is 1. The number of anilines is 2. The molecule has 7 heteroatoms. The monoisotopic (exact) mass is 356 g/mol.